The molecular formula is C3HN4. The highest BCUT2D eigenvalue weighted by Crippen LogP contribution is 1.60. The summed E-state index contributed by atoms with van der Waals surface area (Å²) < 4.78 is 0. The first kappa shape index (κ1) is 3.81. The van der Waals surface area contributed by atoms with Crippen molar-refractivity contribution < 1.29 is 0 Å². The van der Waals surface area contributed by atoms with E-state index in [9.17, 15) is 0 Å². The van der Waals surface area contributed by atoms with E-state index in [0.717, 1.165) is 4.80 Å². The molecule has 1 aromatic heterocycles. The second-order valence-corrected chi connectivity index (χ2v) is 0.837. The van der Waals surface area contributed by atoms with Crippen molar-refractivity contribution in [2.45, 2.75) is 0 Å². The van der Waals surface area contributed by atoms with Gasteiger partial charge in [-0.3, -0.25) is 0 Å². The highest BCUT2D eigenvalue weighted by Gasteiger charge is 1.77. The maximum atomic E-state index is 6.41. The number of aromatic nitrogens is 4. The van der Waals surface area contributed by atoms with Crippen molar-refractivity contribution in [2.75, 3.05) is 0 Å². The van der Waals surface area contributed by atoms with Gasteiger partial charge in [0.2, 0.25) is 0 Å². The lowest BCUT2D eigenvalue weighted by Crippen LogP contribution is -1.91. The van der Waals surface area contributed by atoms with Gasteiger partial charge in [-0.2, -0.15) is 0 Å². The van der Waals surface area contributed by atoms with Crippen LogP contribution in [-0.4, -0.2) is 20.2 Å². The van der Waals surface area contributed by atoms with Gasteiger partial charge in [-0.15, -0.1) is 10.2 Å². The van der Waals surface area contributed by atoms with Gasteiger partial charge in [0.05, 0.1) is 6.04 Å². The Bertz CT molecular complexity index is 169. The maximum Gasteiger partial charge on any atom is 0.163 e. The summed E-state index contributed by atoms with van der Waals surface area (Å²) in [6.45, 7) is 0. The summed E-state index contributed by atoms with van der Waals surface area (Å²) in [7, 11) is 0. The topological polar surface area (TPSA) is 43.6 Å². The fraction of sp³-hybridized carbons (Fsp3) is 0. The average molecular weight is 93.1 g/mol. The largest absolute Gasteiger partial charge is 0.163 e. The van der Waals surface area contributed by atoms with Gasteiger partial charge in [0.25, 0.3) is 0 Å². The second kappa shape index (κ2) is 1.39. The molecule has 0 unspecified atom stereocenters. The molecule has 0 aromatic carbocycles. The Balaban J connectivity index is 3.04. The molecule has 0 bridgehead atoms. The van der Waals surface area contributed by atoms with E-state index in [2.05, 4.69) is 15.4 Å². The van der Waals surface area contributed by atoms with Gasteiger partial charge in [-0.25, -0.2) is 0 Å². The number of nitrogens with zero attached hydrogens (tertiary/aromatic N) is 4. The smallest absolute Gasteiger partial charge is 0.127 e. The molecule has 0 aliphatic carbocycles. The molecule has 4 heteroatoms. The van der Waals surface area contributed by atoms with E-state index in [1.54, 1.807) is 0 Å². The van der Waals surface area contributed by atoms with Crippen LogP contribution < -0.4 is 0 Å². The molecule has 0 N–H and O–H groups in total. The van der Waals surface area contributed by atoms with Crippen molar-refractivity contribution in [3.8, 4) is 6.04 Å². The van der Waals surface area contributed by atoms with Crippen LogP contribution in [-0.2, 0) is 0 Å². The van der Waals surface area contributed by atoms with E-state index in [-0.39, 0.29) is 0 Å². The summed E-state index contributed by atoms with van der Waals surface area (Å²) in [5.41, 5.74) is 0. The molecule has 33 valence electrons. The maximum absolute atomic E-state index is 6.41. The van der Waals surface area contributed by atoms with Crippen LogP contribution in [0, 0.1) is 12.5 Å². The van der Waals surface area contributed by atoms with Crippen molar-refractivity contribution in [3.63, 3.8) is 0 Å². The zero-order valence-electron chi connectivity index (χ0n) is 3.37. The summed E-state index contributed by atoms with van der Waals surface area (Å²) in [6.07, 6.45) is 7.65. The Morgan fingerprint density at radius 3 is 2.86 bits per heavy atom. The van der Waals surface area contributed by atoms with Crippen molar-refractivity contribution in [3.05, 3.63) is 12.8 Å². The highest BCUT2D eigenvalue weighted by atomic mass is 15.6. The molecule has 0 saturated carbocycles. The molecule has 0 aliphatic heterocycles. The Hall–Kier alpha value is -1.37. The minimum atomic E-state index is 0.931. The first-order chi connectivity index (χ1) is 3.43. The van der Waals surface area contributed by atoms with Crippen LogP contribution >= 0.6 is 0 Å². The summed E-state index contributed by atoms with van der Waals surface area (Å²) in [6, 6.07) is 1.89. The molecular weight excluding hydrogens is 92.1 g/mol. The van der Waals surface area contributed by atoms with Gasteiger partial charge in [-0.05, 0) is 5.21 Å². The molecule has 1 rings (SSSR count). The van der Waals surface area contributed by atoms with E-state index < -0.39 is 0 Å². The molecule has 0 aliphatic rings. The average Bonchev–Trinajstić information content (AvgIpc) is 2.14. The Labute approximate surface area is 40.1 Å². The van der Waals surface area contributed by atoms with E-state index in [1.165, 1.54) is 6.33 Å². The number of tetrazole rings is 1. The van der Waals surface area contributed by atoms with E-state index >= 15 is 0 Å². The van der Waals surface area contributed by atoms with Crippen molar-refractivity contribution in [1.29, 1.82) is 0 Å². The molecule has 0 spiro atoms. The fourth-order valence-electron chi connectivity index (χ4n) is 0.218. The van der Waals surface area contributed by atoms with Gasteiger partial charge < -0.3 is 0 Å². The second-order valence-electron chi connectivity index (χ2n) is 0.837. The normalized spacial score (nSPS) is 7.86. The van der Waals surface area contributed by atoms with Crippen LogP contribution in [0.25, 0.3) is 0 Å². The third-order valence-corrected chi connectivity index (χ3v) is 0.449. The number of rotatable bonds is 0. The Kier molecular flexibility index (Phi) is 0.755. The zero-order valence-corrected chi connectivity index (χ0v) is 3.37. The predicted molar refractivity (Wildman–Crippen MR) is 20.3 cm³/mol. The first-order valence-corrected chi connectivity index (χ1v) is 1.59. The molecule has 7 heavy (non-hydrogen) atoms. The minimum absolute atomic E-state index is 0.931. The Morgan fingerprint density at radius 2 is 2.57 bits per heavy atom. The van der Waals surface area contributed by atoms with Crippen LogP contribution in [0.1, 0.15) is 0 Å². The molecule has 0 amide bonds. The van der Waals surface area contributed by atoms with Crippen LogP contribution in [0.15, 0.2) is 6.33 Å². The van der Waals surface area contributed by atoms with Gasteiger partial charge in [0.15, 0.2) is 6.33 Å². The lowest BCUT2D eigenvalue weighted by atomic mass is 11.2. The van der Waals surface area contributed by atoms with Crippen molar-refractivity contribution >= 4 is 0 Å². The van der Waals surface area contributed by atoms with E-state index in [0.29, 0.717) is 0 Å². The molecule has 0 atom stereocenters. The summed E-state index contributed by atoms with van der Waals surface area (Å²) in [4.78, 5) is 0.931. The van der Waals surface area contributed by atoms with Gasteiger partial charge in [0.1, 0.15) is 0 Å². The molecule has 1 radical (unpaired) electrons. The van der Waals surface area contributed by atoms with Gasteiger partial charge in [-0.1, -0.05) is 4.80 Å². The quantitative estimate of drug-likeness (QED) is 0.389. The fourth-order valence-corrected chi connectivity index (χ4v) is 0.218. The van der Waals surface area contributed by atoms with Gasteiger partial charge in [0, 0.05) is 6.42 Å². The summed E-state index contributed by atoms with van der Waals surface area (Å²) in [5, 5.41) is 10.0. The van der Waals surface area contributed by atoms with Crippen LogP contribution in [0.3, 0.4) is 0 Å². The van der Waals surface area contributed by atoms with E-state index in [4.69, 9.17) is 6.42 Å². The number of hydrogen-bond donors (Lipinski definition) is 0. The Morgan fingerprint density at radius 1 is 1.71 bits per heavy atom. The highest BCUT2D eigenvalue weighted by molar-refractivity contribution is 4.69. The first-order valence-electron chi connectivity index (χ1n) is 1.59. The molecule has 0 fully saturated rings. The molecule has 1 heterocycles. The monoisotopic (exact) mass is 93.0 g/mol. The predicted octanol–water partition coefficient (Wildman–Crippen LogP) is -0.932. The molecule has 0 saturated heterocycles. The summed E-state index contributed by atoms with van der Waals surface area (Å²) >= 11 is 0. The van der Waals surface area contributed by atoms with Gasteiger partial charge >= 0.3 is 0 Å². The SMILES string of the molecule is [C]#Cn1ncnn1. The third kappa shape index (κ3) is 0.550. The zero-order chi connectivity index (χ0) is 5.11. The van der Waals surface area contributed by atoms with Crippen LogP contribution in [0.5, 0.6) is 0 Å². The van der Waals surface area contributed by atoms with Crippen LogP contribution in [0.2, 0.25) is 0 Å². The van der Waals surface area contributed by atoms with Crippen molar-refractivity contribution in [2.24, 2.45) is 0 Å². The van der Waals surface area contributed by atoms with Crippen molar-refractivity contribution in [1.82, 2.24) is 20.2 Å². The lowest BCUT2D eigenvalue weighted by molar-refractivity contribution is 0.744. The lowest BCUT2D eigenvalue weighted by Gasteiger charge is -1.70. The van der Waals surface area contributed by atoms with E-state index in [1.807, 2.05) is 6.04 Å². The third-order valence-electron chi connectivity index (χ3n) is 0.449. The molecule has 4 nitrogen and oxygen atoms in total. The summed E-state index contributed by atoms with van der Waals surface area (Å²) in [5.74, 6) is 0. The standard InChI is InChI=1S/C3HN4/c1-2-7-5-3-4-6-7/h3H. The van der Waals surface area contributed by atoms with Crippen LogP contribution in [0.4, 0.5) is 0 Å². The number of hydrogen-bond acceptors (Lipinski definition) is 3. The molecule has 1 aromatic rings. The minimum Gasteiger partial charge on any atom is -0.127 e.